The van der Waals surface area contributed by atoms with Gasteiger partial charge >= 0.3 is 0 Å². The molecule has 2 aromatic rings. The minimum Gasteiger partial charge on any atom is -0.355 e. The van der Waals surface area contributed by atoms with Crippen molar-refractivity contribution in [2.75, 3.05) is 23.3 Å². The highest BCUT2D eigenvalue weighted by Crippen LogP contribution is 2.26. The highest BCUT2D eigenvalue weighted by Gasteiger charge is 2.11. The van der Waals surface area contributed by atoms with Crippen molar-refractivity contribution in [3.05, 3.63) is 36.0 Å². The summed E-state index contributed by atoms with van der Waals surface area (Å²) in [5.74, 6) is 1.87. The lowest BCUT2D eigenvalue weighted by atomic mass is 10.0. The summed E-state index contributed by atoms with van der Waals surface area (Å²) in [6, 6.07) is 8.26. The highest BCUT2D eigenvalue weighted by molar-refractivity contribution is 5.60. The van der Waals surface area contributed by atoms with Crippen molar-refractivity contribution >= 4 is 17.5 Å². The molecule has 1 heterocycles. The lowest BCUT2D eigenvalue weighted by Crippen LogP contribution is -2.26. The molecule has 1 aromatic heterocycles. The van der Waals surface area contributed by atoms with Crippen molar-refractivity contribution in [2.24, 2.45) is 0 Å². The minimum atomic E-state index is 0.437. The second-order valence-corrected chi connectivity index (χ2v) is 5.99. The SMILES string of the molecule is CCCN(CCC)c1cnnc(Nc2ccccc2C(C)C)n1. The Morgan fingerprint density at radius 1 is 1.09 bits per heavy atom. The molecule has 0 aliphatic carbocycles. The van der Waals surface area contributed by atoms with E-state index in [4.69, 9.17) is 0 Å². The smallest absolute Gasteiger partial charge is 0.249 e. The van der Waals surface area contributed by atoms with Crippen LogP contribution in [0.2, 0.25) is 0 Å². The molecule has 23 heavy (non-hydrogen) atoms. The fourth-order valence-electron chi connectivity index (χ4n) is 2.62. The molecular formula is C18H27N5. The van der Waals surface area contributed by atoms with Gasteiger partial charge in [-0.25, -0.2) is 0 Å². The van der Waals surface area contributed by atoms with Crippen LogP contribution in [0.4, 0.5) is 17.5 Å². The second-order valence-electron chi connectivity index (χ2n) is 5.99. The van der Waals surface area contributed by atoms with Crippen molar-refractivity contribution < 1.29 is 0 Å². The fourth-order valence-corrected chi connectivity index (χ4v) is 2.62. The van der Waals surface area contributed by atoms with Crippen molar-refractivity contribution in [3.63, 3.8) is 0 Å². The first-order valence-corrected chi connectivity index (χ1v) is 8.46. The van der Waals surface area contributed by atoms with Crippen LogP contribution in [0.25, 0.3) is 0 Å². The molecule has 0 amide bonds. The zero-order valence-electron chi connectivity index (χ0n) is 14.6. The maximum Gasteiger partial charge on any atom is 0.249 e. The van der Waals surface area contributed by atoms with Gasteiger partial charge in [0.05, 0.1) is 6.20 Å². The van der Waals surface area contributed by atoms with Gasteiger partial charge in [-0.3, -0.25) is 0 Å². The van der Waals surface area contributed by atoms with E-state index >= 15 is 0 Å². The Bertz CT molecular complexity index is 606. The molecule has 0 unspecified atom stereocenters. The molecule has 0 saturated heterocycles. The molecule has 1 N–H and O–H groups in total. The first-order valence-electron chi connectivity index (χ1n) is 8.46. The van der Waals surface area contributed by atoms with Gasteiger partial charge in [-0.1, -0.05) is 45.9 Å². The maximum atomic E-state index is 4.65. The van der Waals surface area contributed by atoms with Crippen LogP contribution in [0, 0.1) is 0 Å². The number of nitrogens with one attached hydrogen (secondary N) is 1. The molecule has 0 aliphatic rings. The monoisotopic (exact) mass is 313 g/mol. The molecule has 0 aliphatic heterocycles. The number of hydrogen-bond acceptors (Lipinski definition) is 5. The number of rotatable bonds is 8. The summed E-state index contributed by atoms with van der Waals surface area (Å²) in [5.41, 5.74) is 2.29. The Hall–Kier alpha value is -2.17. The van der Waals surface area contributed by atoms with Gasteiger partial charge in [-0.2, -0.15) is 10.1 Å². The van der Waals surface area contributed by atoms with Crippen LogP contribution in [0.1, 0.15) is 52.0 Å². The largest absolute Gasteiger partial charge is 0.355 e. The van der Waals surface area contributed by atoms with E-state index in [1.807, 2.05) is 6.07 Å². The maximum absolute atomic E-state index is 4.65. The van der Waals surface area contributed by atoms with E-state index in [9.17, 15) is 0 Å². The molecule has 124 valence electrons. The lowest BCUT2D eigenvalue weighted by Gasteiger charge is -2.22. The van der Waals surface area contributed by atoms with E-state index in [2.05, 4.69) is 71.3 Å². The summed E-state index contributed by atoms with van der Waals surface area (Å²) in [5, 5.41) is 11.6. The Kier molecular flexibility index (Phi) is 6.32. The molecule has 1 aromatic carbocycles. The number of nitrogens with zero attached hydrogens (tertiary/aromatic N) is 4. The van der Waals surface area contributed by atoms with E-state index in [-0.39, 0.29) is 0 Å². The first-order chi connectivity index (χ1) is 11.2. The topological polar surface area (TPSA) is 53.9 Å². The Balaban J connectivity index is 2.23. The number of anilines is 3. The zero-order valence-corrected chi connectivity index (χ0v) is 14.6. The van der Waals surface area contributed by atoms with Gasteiger partial charge in [0.25, 0.3) is 0 Å². The summed E-state index contributed by atoms with van der Waals surface area (Å²) in [7, 11) is 0. The molecule has 5 heteroatoms. The van der Waals surface area contributed by atoms with Crippen LogP contribution < -0.4 is 10.2 Å². The van der Waals surface area contributed by atoms with E-state index in [0.717, 1.165) is 37.4 Å². The van der Waals surface area contributed by atoms with Crippen LogP contribution in [-0.2, 0) is 0 Å². The Morgan fingerprint density at radius 3 is 2.43 bits per heavy atom. The van der Waals surface area contributed by atoms with Gasteiger partial charge < -0.3 is 10.2 Å². The zero-order chi connectivity index (χ0) is 16.7. The summed E-state index contributed by atoms with van der Waals surface area (Å²) in [6.45, 7) is 10.7. The lowest BCUT2D eigenvalue weighted by molar-refractivity contribution is 0.728. The van der Waals surface area contributed by atoms with E-state index < -0.39 is 0 Å². The summed E-state index contributed by atoms with van der Waals surface area (Å²) >= 11 is 0. The Labute approximate surface area is 139 Å². The third-order valence-corrected chi connectivity index (χ3v) is 3.69. The van der Waals surface area contributed by atoms with Gasteiger partial charge in [0.2, 0.25) is 5.95 Å². The van der Waals surface area contributed by atoms with Crippen molar-refractivity contribution in [1.29, 1.82) is 0 Å². The Morgan fingerprint density at radius 2 is 1.78 bits per heavy atom. The molecule has 0 radical (unpaired) electrons. The second kappa shape index (κ2) is 8.46. The molecule has 0 atom stereocenters. The summed E-state index contributed by atoms with van der Waals surface area (Å²) in [4.78, 5) is 6.91. The molecule has 5 nitrogen and oxygen atoms in total. The van der Waals surface area contributed by atoms with Gasteiger partial charge in [-0.15, -0.1) is 5.10 Å². The molecule has 0 spiro atoms. The molecular weight excluding hydrogens is 286 g/mol. The van der Waals surface area contributed by atoms with Crippen LogP contribution in [-0.4, -0.2) is 28.3 Å². The summed E-state index contributed by atoms with van der Waals surface area (Å²) < 4.78 is 0. The van der Waals surface area contributed by atoms with Gasteiger partial charge in [0.1, 0.15) is 0 Å². The van der Waals surface area contributed by atoms with E-state index in [0.29, 0.717) is 11.9 Å². The van der Waals surface area contributed by atoms with Crippen LogP contribution in [0.3, 0.4) is 0 Å². The van der Waals surface area contributed by atoms with Crippen LogP contribution >= 0.6 is 0 Å². The number of benzene rings is 1. The molecule has 2 rings (SSSR count). The quantitative estimate of drug-likeness (QED) is 0.784. The standard InChI is InChI=1S/C18H27N5/c1-5-11-23(12-6-2)17-13-19-22-18(21-17)20-16-10-8-7-9-15(16)14(3)4/h7-10,13-14H,5-6,11-12H2,1-4H3,(H,20,21,22). The van der Waals surface area contributed by atoms with Gasteiger partial charge in [0.15, 0.2) is 5.82 Å². The first kappa shape index (κ1) is 17.2. The molecule has 0 saturated carbocycles. The third kappa shape index (κ3) is 4.65. The molecule has 0 bridgehead atoms. The molecule has 0 fully saturated rings. The number of hydrogen-bond donors (Lipinski definition) is 1. The number of para-hydroxylation sites is 1. The van der Waals surface area contributed by atoms with E-state index in [1.54, 1.807) is 6.20 Å². The van der Waals surface area contributed by atoms with E-state index in [1.165, 1.54) is 5.56 Å². The van der Waals surface area contributed by atoms with Gasteiger partial charge in [-0.05, 0) is 30.4 Å². The van der Waals surface area contributed by atoms with Crippen LogP contribution in [0.5, 0.6) is 0 Å². The third-order valence-electron chi connectivity index (χ3n) is 3.69. The average Bonchev–Trinajstić information content (AvgIpc) is 2.55. The van der Waals surface area contributed by atoms with Crippen molar-refractivity contribution in [3.8, 4) is 0 Å². The van der Waals surface area contributed by atoms with Crippen LogP contribution in [0.15, 0.2) is 30.5 Å². The minimum absolute atomic E-state index is 0.437. The fraction of sp³-hybridized carbons (Fsp3) is 0.500. The predicted octanol–water partition coefficient (Wildman–Crippen LogP) is 4.37. The van der Waals surface area contributed by atoms with Crippen molar-refractivity contribution in [1.82, 2.24) is 15.2 Å². The predicted molar refractivity (Wildman–Crippen MR) is 96.4 cm³/mol. The summed E-state index contributed by atoms with van der Waals surface area (Å²) in [6.07, 6.45) is 3.91. The van der Waals surface area contributed by atoms with Gasteiger partial charge in [0, 0.05) is 18.8 Å². The van der Waals surface area contributed by atoms with Crippen molar-refractivity contribution in [2.45, 2.75) is 46.5 Å². The average molecular weight is 313 g/mol. The normalized spacial score (nSPS) is 10.8. The highest BCUT2D eigenvalue weighted by atomic mass is 15.3. The number of aromatic nitrogens is 3.